The summed E-state index contributed by atoms with van der Waals surface area (Å²) in [4.78, 5) is 30.2. The molecule has 40 heavy (non-hydrogen) atoms. The van der Waals surface area contributed by atoms with E-state index in [1.54, 1.807) is 43.8 Å². The predicted octanol–water partition coefficient (Wildman–Crippen LogP) is 2.44. The number of aryl methyl sites for hydroxylation is 6. The normalized spacial score (nSPS) is 13.7. The Morgan fingerprint density at radius 3 is 2.65 bits per heavy atom. The third kappa shape index (κ3) is 7.05. The number of anilines is 1. The van der Waals surface area contributed by atoms with Gasteiger partial charge in [-0.25, -0.2) is 13.4 Å². The molecule has 3 N–H and O–H groups in total. The van der Waals surface area contributed by atoms with Gasteiger partial charge >= 0.3 is 5.97 Å². The van der Waals surface area contributed by atoms with Crippen LogP contribution in [0.5, 0.6) is 0 Å². The third-order valence-electron chi connectivity index (χ3n) is 6.65. The lowest BCUT2D eigenvalue weighted by Gasteiger charge is -2.20. The van der Waals surface area contributed by atoms with Crippen LogP contribution in [0.25, 0.3) is 0 Å². The van der Waals surface area contributed by atoms with E-state index in [0.29, 0.717) is 24.1 Å². The van der Waals surface area contributed by atoms with Gasteiger partial charge in [0.15, 0.2) is 0 Å². The van der Waals surface area contributed by atoms with Crippen LogP contribution in [-0.4, -0.2) is 60.8 Å². The van der Waals surface area contributed by atoms with Gasteiger partial charge in [-0.3, -0.25) is 14.3 Å². The number of nitrogens with one attached hydrogen (secondary N) is 3. The maximum atomic E-state index is 13.2. The molecule has 214 valence electrons. The van der Waals surface area contributed by atoms with Crippen LogP contribution in [0.1, 0.15) is 51.7 Å². The van der Waals surface area contributed by atoms with Crippen molar-refractivity contribution in [2.45, 2.75) is 64.4 Å². The van der Waals surface area contributed by atoms with Crippen molar-refractivity contribution < 1.29 is 22.7 Å². The van der Waals surface area contributed by atoms with Gasteiger partial charge in [-0.1, -0.05) is 23.8 Å². The Balaban J connectivity index is 1.39. The molecule has 3 heterocycles. The molecule has 1 aromatic carbocycles. The maximum absolute atomic E-state index is 13.2. The van der Waals surface area contributed by atoms with Gasteiger partial charge in [-0.15, -0.1) is 0 Å². The SMILES string of the molecule is CCOC(=O)[C@H](CNC(=O)c1cnn(CCc2ccc3c(n2)NCCC3)c1)NS(=O)(=O)c1c(C)cc(C)cc1C. The van der Waals surface area contributed by atoms with E-state index in [-0.39, 0.29) is 23.6 Å². The summed E-state index contributed by atoms with van der Waals surface area (Å²) in [5, 5.41) is 10.2. The number of hydrogen-bond acceptors (Lipinski definition) is 8. The first-order valence-electron chi connectivity index (χ1n) is 13.4. The van der Waals surface area contributed by atoms with E-state index in [4.69, 9.17) is 4.74 Å². The Bertz CT molecular complexity index is 1480. The molecule has 1 amide bonds. The van der Waals surface area contributed by atoms with Gasteiger partial charge in [-0.05, 0) is 63.3 Å². The second-order valence-electron chi connectivity index (χ2n) is 9.95. The van der Waals surface area contributed by atoms with Crippen molar-refractivity contribution in [1.29, 1.82) is 0 Å². The number of nitrogens with zero attached hydrogens (tertiary/aromatic N) is 3. The highest BCUT2D eigenvalue weighted by Crippen LogP contribution is 2.22. The zero-order chi connectivity index (χ0) is 28.9. The molecule has 0 spiro atoms. The molecule has 3 aromatic rings. The van der Waals surface area contributed by atoms with E-state index < -0.39 is 27.9 Å². The third-order valence-corrected chi connectivity index (χ3v) is 8.43. The van der Waals surface area contributed by atoms with E-state index in [1.165, 1.54) is 11.8 Å². The molecule has 0 saturated carbocycles. The highest BCUT2D eigenvalue weighted by Gasteiger charge is 2.29. The highest BCUT2D eigenvalue weighted by molar-refractivity contribution is 7.89. The number of hydrogen-bond donors (Lipinski definition) is 3. The van der Waals surface area contributed by atoms with Crippen LogP contribution in [0.2, 0.25) is 0 Å². The smallest absolute Gasteiger partial charge is 0.326 e. The van der Waals surface area contributed by atoms with Crippen LogP contribution >= 0.6 is 0 Å². The topological polar surface area (TPSA) is 144 Å². The molecule has 11 nitrogen and oxygen atoms in total. The quantitative estimate of drug-likeness (QED) is 0.299. The van der Waals surface area contributed by atoms with Gasteiger partial charge in [0.1, 0.15) is 11.9 Å². The number of carbonyl (C=O) groups is 2. The molecule has 0 radical (unpaired) electrons. The van der Waals surface area contributed by atoms with Crippen LogP contribution in [0.4, 0.5) is 5.82 Å². The van der Waals surface area contributed by atoms with Crippen molar-refractivity contribution >= 4 is 27.7 Å². The van der Waals surface area contributed by atoms with E-state index >= 15 is 0 Å². The first-order valence-corrected chi connectivity index (χ1v) is 14.9. The number of amides is 1. The number of esters is 1. The second-order valence-corrected chi connectivity index (χ2v) is 11.6. The average molecular weight is 569 g/mol. The molecule has 0 bridgehead atoms. The average Bonchev–Trinajstić information content (AvgIpc) is 3.38. The van der Waals surface area contributed by atoms with Crippen LogP contribution in [-0.2, 0) is 38.9 Å². The standard InChI is InChI=1S/C28H36N6O5S/c1-5-39-28(36)24(33-40(37,38)25-19(3)13-18(2)14-20(25)4)16-30-27(35)22-15-31-34(17-22)12-10-23-9-8-21-7-6-11-29-26(21)32-23/h8-9,13-15,17,24,33H,5-7,10-12,16H2,1-4H3,(H,29,32)(H,30,35)/t24-/m0/s1. The van der Waals surface area contributed by atoms with Crippen LogP contribution in [0.3, 0.4) is 0 Å². The van der Waals surface area contributed by atoms with Gasteiger partial charge < -0.3 is 15.4 Å². The highest BCUT2D eigenvalue weighted by atomic mass is 32.2. The summed E-state index contributed by atoms with van der Waals surface area (Å²) >= 11 is 0. The number of fused-ring (bicyclic) bond motifs is 1. The minimum Gasteiger partial charge on any atom is -0.465 e. The molecule has 1 aliphatic heterocycles. The Hall–Kier alpha value is -3.77. The minimum absolute atomic E-state index is 0.0650. The monoisotopic (exact) mass is 568 g/mol. The van der Waals surface area contributed by atoms with E-state index in [0.717, 1.165) is 36.5 Å². The largest absolute Gasteiger partial charge is 0.465 e. The zero-order valence-electron chi connectivity index (χ0n) is 23.3. The lowest BCUT2D eigenvalue weighted by Crippen LogP contribution is -2.49. The Morgan fingerprint density at radius 2 is 1.93 bits per heavy atom. The lowest BCUT2D eigenvalue weighted by molar-refractivity contribution is -0.144. The summed E-state index contributed by atoms with van der Waals surface area (Å²) < 4.78 is 35.6. The van der Waals surface area contributed by atoms with E-state index in [1.807, 2.05) is 13.0 Å². The molecule has 0 unspecified atom stereocenters. The Labute approximate surface area is 234 Å². The van der Waals surface area contributed by atoms with E-state index in [9.17, 15) is 18.0 Å². The van der Waals surface area contributed by atoms with Crippen LogP contribution in [0, 0.1) is 20.8 Å². The van der Waals surface area contributed by atoms with Crippen molar-refractivity contribution in [2.24, 2.45) is 0 Å². The number of aromatic nitrogens is 3. The summed E-state index contributed by atoms with van der Waals surface area (Å²) in [6, 6.07) is 6.33. The first kappa shape index (κ1) is 29.2. The number of ether oxygens (including phenoxy) is 1. The van der Waals surface area contributed by atoms with Crippen molar-refractivity contribution in [3.05, 3.63) is 70.2 Å². The molecular formula is C28H36N6O5S. The molecule has 0 saturated heterocycles. The molecule has 0 fully saturated rings. The fourth-order valence-electron chi connectivity index (χ4n) is 4.89. The zero-order valence-corrected chi connectivity index (χ0v) is 24.1. The molecular weight excluding hydrogens is 532 g/mol. The first-order chi connectivity index (χ1) is 19.1. The van der Waals surface area contributed by atoms with Gasteiger partial charge in [0.2, 0.25) is 10.0 Å². The van der Waals surface area contributed by atoms with Gasteiger partial charge in [0.05, 0.1) is 23.3 Å². The number of benzene rings is 1. The fourth-order valence-corrected chi connectivity index (χ4v) is 6.53. The Kier molecular flexibility index (Phi) is 9.21. The molecule has 1 atom stereocenters. The summed E-state index contributed by atoms with van der Waals surface area (Å²) in [5.74, 6) is -0.334. The number of sulfonamides is 1. The number of carbonyl (C=O) groups excluding carboxylic acids is 2. The summed E-state index contributed by atoms with van der Waals surface area (Å²) in [7, 11) is -4.08. The van der Waals surface area contributed by atoms with Crippen molar-refractivity contribution in [2.75, 3.05) is 25.0 Å². The molecule has 2 aromatic heterocycles. The van der Waals surface area contributed by atoms with Gasteiger partial charge in [-0.2, -0.15) is 9.82 Å². The molecule has 0 aliphatic carbocycles. The summed E-state index contributed by atoms with van der Waals surface area (Å²) in [5.41, 5.74) is 4.49. The number of rotatable bonds is 11. The van der Waals surface area contributed by atoms with Gasteiger partial charge in [0.25, 0.3) is 5.91 Å². The summed E-state index contributed by atoms with van der Waals surface area (Å²) in [6.07, 6.45) is 5.80. The maximum Gasteiger partial charge on any atom is 0.326 e. The number of pyridine rings is 1. The minimum atomic E-state index is -4.08. The van der Waals surface area contributed by atoms with Crippen LogP contribution in [0.15, 0.2) is 41.6 Å². The van der Waals surface area contributed by atoms with Gasteiger partial charge in [0, 0.05) is 37.9 Å². The van der Waals surface area contributed by atoms with Crippen molar-refractivity contribution in [3.63, 3.8) is 0 Å². The predicted molar refractivity (Wildman–Crippen MR) is 151 cm³/mol. The van der Waals surface area contributed by atoms with Crippen LogP contribution < -0.4 is 15.4 Å². The lowest BCUT2D eigenvalue weighted by atomic mass is 10.1. The molecule has 1 aliphatic rings. The van der Waals surface area contributed by atoms with Crippen molar-refractivity contribution in [1.82, 2.24) is 24.8 Å². The molecule has 12 heteroatoms. The van der Waals surface area contributed by atoms with E-state index in [2.05, 4.69) is 31.5 Å². The second kappa shape index (κ2) is 12.6. The molecule has 4 rings (SSSR count). The Morgan fingerprint density at radius 1 is 1.18 bits per heavy atom. The van der Waals surface area contributed by atoms with Crippen molar-refractivity contribution in [3.8, 4) is 0 Å². The fraction of sp³-hybridized carbons (Fsp3) is 0.429. The summed E-state index contributed by atoms with van der Waals surface area (Å²) in [6.45, 7) is 8.13.